The fourth-order valence-electron chi connectivity index (χ4n) is 5.76. The van der Waals surface area contributed by atoms with Crippen LogP contribution in [0, 0.1) is 6.92 Å². The molecule has 2 aromatic heterocycles. The Kier molecular flexibility index (Phi) is 10.1. The highest BCUT2D eigenvalue weighted by Crippen LogP contribution is 2.32. The molecule has 0 saturated heterocycles. The first-order valence-electron chi connectivity index (χ1n) is 14.9. The van der Waals surface area contributed by atoms with Crippen LogP contribution in [0.3, 0.4) is 0 Å². The number of hydrogen-bond acceptors (Lipinski definition) is 7. The summed E-state index contributed by atoms with van der Waals surface area (Å²) in [5.74, 6) is -3.02. The predicted octanol–water partition coefficient (Wildman–Crippen LogP) is 5.76. The van der Waals surface area contributed by atoms with Gasteiger partial charge in [0.25, 0.3) is 5.91 Å². The lowest BCUT2D eigenvalue weighted by atomic mass is 10.1. The Morgan fingerprint density at radius 1 is 0.896 bits per heavy atom. The highest BCUT2D eigenvalue weighted by Gasteiger charge is 2.31. The van der Waals surface area contributed by atoms with Gasteiger partial charge in [0.15, 0.2) is 6.61 Å². The summed E-state index contributed by atoms with van der Waals surface area (Å²) in [6, 6.07) is 24.2. The van der Waals surface area contributed by atoms with E-state index in [0.717, 1.165) is 5.69 Å². The molecule has 0 aliphatic carbocycles. The van der Waals surface area contributed by atoms with Crippen LogP contribution in [0.2, 0.25) is 5.02 Å². The Hall–Kier alpha value is -5.68. The van der Waals surface area contributed by atoms with Gasteiger partial charge in [0.1, 0.15) is 5.75 Å². The molecular weight excluding hydrogens is 640 g/mol. The highest BCUT2D eigenvalue weighted by atomic mass is 35.5. The number of fused-ring (bicyclic) bond motifs is 2. The average molecular weight is 671 g/mol. The highest BCUT2D eigenvalue weighted by molar-refractivity contribution is 6.30. The lowest BCUT2D eigenvalue weighted by molar-refractivity contribution is -0.154. The van der Waals surface area contributed by atoms with E-state index in [-0.39, 0.29) is 18.1 Å². The summed E-state index contributed by atoms with van der Waals surface area (Å²) in [4.78, 5) is 59.4. The normalized spacial score (nSPS) is 13.3. The number of ketones is 1. The van der Waals surface area contributed by atoms with Crippen molar-refractivity contribution in [2.24, 2.45) is 0 Å². The van der Waals surface area contributed by atoms with Gasteiger partial charge >= 0.3 is 17.9 Å². The topological polar surface area (TPSA) is 154 Å². The first-order chi connectivity index (χ1) is 23.0. The van der Waals surface area contributed by atoms with Crippen molar-refractivity contribution in [3.8, 4) is 5.75 Å². The molecule has 2 N–H and O–H groups in total. The van der Waals surface area contributed by atoms with Crippen molar-refractivity contribution in [3.05, 3.63) is 124 Å². The Labute approximate surface area is 279 Å². The molecule has 0 radical (unpaired) electrons. The van der Waals surface area contributed by atoms with E-state index in [1.54, 1.807) is 73.7 Å². The first kappa shape index (κ1) is 33.7. The summed E-state index contributed by atoms with van der Waals surface area (Å²) in [5.41, 5.74) is 4.09. The number of carbonyl (C=O) groups excluding carboxylic acids is 3. The third-order valence-electron chi connectivity index (χ3n) is 8.09. The van der Waals surface area contributed by atoms with Crippen LogP contribution < -0.4 is 4.74 Å². The van der Waals surface area contributed by atoms with Crippen molar-refractivity contribution < 1.29 is 43.7 Å². The summed E-state index contributed by atoms with van der Waals surface area (Å²) in [5, 5.41) is 19.0. The number of halogens is 1. The Bertz CT molecular complexity index is 2030. The third kappa shape index (κ3) is 7.01. The molecule has 5 aromatic rings. The number of rotatable bonds is 9. The minimum atomic E-state index is -1.24. The number of carboxylic acid groups (broad SMARTS) is 2. The van der Waals surface area contributed by atoms with Gasteiger partial charge in [0.2, 0.25) is 5.78 Å². The average Bonchev–Trinajstić information content (AvgIpc) is 3.76. The zero-order chi connectivity index (χ0) is 34.5. The van der Waals surface area contributed by atoms with Crippen LogP contribution in [0.4, 0.5) is 0 Å². The van der Waals surface area contributed by atoms with Crippen LogP contribution >= 0.6 is 11.6 Å². The van der Waals surface area contributed by atoms with Gasteiger partial charge in [-0.15, -0.1) is 0 Å². The molecule has 1 aliphatic heterocycles. The van der Waals surface area contributed by atoms with Gasteiger partial charge in [0.05, 0.1) is 30.7 Å². The number of aliphatic carboxylic acids is 2. The maximum absolute atomic E-state index is 13.2. The van der Waals surface area contributed by atoms with Crippen LogP contribution in [0.15, 0.2) is 84.9 Å². The van der Waals surface area contributed by atoms with Crippen molar-refractivity contribution >= 4 is 52.1 Å². The van der Waals surface area contributed by atoms with Gasteiger partial charge in [0, 0.05) is 39.5 Å². The first-order valence-corrected chi connectivity index (χ1v) is 15.3. The molecule has 6 rings (SSSR count). The smallest absolute Gasteiger partial charge is 0.341 e. The van der Waals surface area contributed by atoms with Gasteiger partial charge in [-0.1, -0.05) is 41.9 Å². The van der Waals surface area contributed by atoms with Gasteiger partial charge in [-0.2, -0.15) is 0 Å². The van der Waals surface area contributed by atoms with Gasteiger partial charge in [-0.05, 0) is 73.5 Å². The minimum Gasteiger partial charge on any atom is -0.497 e. The predicted molar refractivity (Wildman–Crippen MR) is 176 cm³/mol. The molecule has 3 heterocycles. The van der Waals surface area contributed by atoms with Crippen molar-refractivity contribution in [2.75, 3.05) is 13.7 Å². The van der Waals surface area contributed by atoms with E-state index in [2.05, 4.69) is 0 Å². The summed E-state index contributed by atoms with van der Waals surface area (Å²) >= 11 is 5.91. The summed E-state index contributed by atoms with van der Waals surface area (Å²) in [6.45, 7) is 1.59. The second-order valence-corrected chi connectivity index (χ2v) is 11.4. The van der Waals surface area contributed by atoms with E-state index in [0.29, 0.717) is 62.7 Å². The summed E-state index contributed by atoms with van der Waals surface area (Å²) in [7, 11) is 1.52. The Balaban J connectivity index is 0.000000204. The van der Waals surface area contributed by atoms with Crippen LogP contribution in [0.5, 0.6) is 5.75 Å². The maximum atomic E-state index is 13.2. The molecule has 0 spiro atoms. The number of nitrogens with zero attached hydrogens (tertiary/aromatic N) is 2. The van der Waals surface area contributed by atoms with Crippen LogP contribution in [-0.2, 0) is 32.1 Å². The number of hydrogen-bond donors (Lipinski definition) is 2. The molecule has 12 heteroatoms. The molecule has 246 valence electrons. The fourth-order valence-corrected chi connectivity index (χ4v) is 5.89. The fraction of sp³-hybridized carbons (Fsp3) is 0.194. The van der Waals surface area contributed by atoms with E-state index >= 15 is 0 Å². The Morgan fingerprint density at radius 3 is 2.25 bits per heavy atom. The number of carboxylic acids is 2. The van der Waals surface area contributed by atoms with E-state index < -0.39 is 30.4 Å². The zero-order valence-electron chi connectivity index (χ0n) is 26.0. The summed E-state index contributed by atoms with van der Waals surface area (Å²) < 4.78 is 13.4. The molecule has 11 nitrogen and oxygen atoms in total. The molecule has 48 heavy (non-hydrogen) atoms. The van der Waals surface area contributed by atoms with Crippen molar-refractivity contribution in [1.29, 1.82) is 0 Å². The summed E-state index contributed by atoms with van der Waals surface area (Å²) in [6.07, 6.45) is 0.379. The number of methoxy groups -OCH3 is 1. The molecule has 3 aromatic carbocycles. The second kappa shape index (κ2) is 14.4. The van der Waals surface area contributed by atoms with E-state index in [1.165, 1.54) is 11.7 Å². The number of aromatic nitrogens is 2. The van der Waals surface area contributed by atoms with E-state index in [9.17, 15) is 24.0 Å². The number of esters is 1. The third-order valence-corrected chi connectivity index (χ3v) is 8.35. The minimum absolute atomic E-state index is 0.0575. The largest absolute Gasteiger partial charge is 0.497 e. The molecule has 0 saturated carbocycles. The zero-order valence-corrected chi connectivity index (χ0v) is 26.8. The van der Waals surface area contributed by atoms with Crippen LogP contribution in [0.1, 0.15) is 55.7 Å². The quantitative estimate of drug-likeness (QED) is 0.147. The number of carbonyl (C=O) groups is 5. The maximum Gasteiger partial charge on any atom is 0.341 e. The second-order valence-electron chi connectivity index (χ2n) is 11.0. The molecule has 0 fully saturated rings. The molecule has 0 amide bonds. The lowest BCUT2D eigenvalue weighted by Gasteiger charge is -2.08. The molecule has 1 aliphatic rings. The van der Waals surface area contributed by atoms with Crippen LogP contribution in [-0.4, -0.2) is 62.7 Å². The van der Waals surface area contributed by atoms with Crippen molar-refractivity contribution in [2.45, 2.75) is 32.2 Å². The number of benzene rings is 3. The molecule has 0 bridgehead atoms. The molecule has 1 atom stereocenters. The van der Waals surface area contributed by atoms with E-state index in [1.807, 2.05) is 22.8 Å². The van der Waals surface area contributed by atoms with Crippen LogP contribution in [0.25, 0.3) is 10.9 Å². The monoisotopic (exact) mass is 670 g/mol. The Morgan fingerprint density at radius 2 is 1.60 bits per heavy atom. The van der Waals surface area contributed by atoms with Crippen molar-refractivity contribution in [3.63, 3.8) is 0 Å². The molecule has 1 unspecified atom stereocenters. The van der Waals surface area contributed by atoms with E-state index in [4.69, 9.17) is 31.3 Å². The van der Waals surface area contributed by atoms with Gasteiger partial charge in [-0.3, -0.25) is 23.7 Å². The number of ether oxygens (including phenoxy) is 2. The van der Waals surface area contributed by atoms with Crippen molar-refractivity contribution in [1.82, 2.24) is 9.13 Å². The van der Waals surface area contributed by atoms with Gasteiger partial charge in [-0.25, -0.2) is 4.79 Å². The SMILES string of the molecule is COc1ccc2c(c1)c(CC(=O)OCC(=O)O)c(C)n2C(=O)c1ccc(Cl)cc1.O=C(c1ccccc1)c1ccc2n1CCC2C(=O)O. The standard InChI is InChI=1S/C21H18ClNO6.C15H13NO3/c1-12-16(10-20(26)29-11-19(24)25)17-9-15(28-2)7-8-18(17)23(12)21(27)13-3-5-14(22)6-4-13;17-14(10-4-2-1-3-5-10)13-7-6-12-11(15(18)19)8-9-16(12)13/h3-9H,10-11H2,1-2H3,(H,24,25);1-7,11H,8-9H2,(H,18,19). The molecular formula is C36H31ClN2O9. The lowest BCUT2D eigenvalue weighted by Crippen LogP contribution is -2.16. The van der Waals surface area contributed by atoms with Gasteiger partial charge < -0.3 is 24.3 Å².